The lowest BCUT2D eigenvalue weighted by atomic mass is 9.66. The van der Waals surface area contributed by atoms with Gasteiger partial charge in [0.1, 0.15) is 0 Å². The van der Waals surface area contributed by atoms with Gasteiger partial charge in [0.25, 0.3) is 0 Å². The van der Waals surface area contributed by atoms with E-state index in [4.69, 9.17) is 4.74 Å². The molecule has 1 N–H and O–H groups in total. The molecule has 0 amide bonds. The Labute approximate surface area is 148 Å². The lowest BCUT2D eigenvalue weighted by Gasteiger charge is -2.49. The average Bonchev–Trinajstić information content (AvgIpc) is 3.04. The quantitative estimate of drug-likeness (QED) is 0.807. The Morgan fingerprint density at radius 1 is 1.28 bits per heavy atom. The van der Waals surface area contributed by atoms with E-state index in [0.29, 0.717) is 17.9 Å². The number of H-pyrrole nitrogens is 1. The number of aromatic nitrogens is 1. The average molecular weight is 338 g/mol. The number of carbonyl (C=O) groups is 1. The zero-order valence-electron chi connectivity index (χ0n) is 14.8. The minimum atomic E-state index is 0.0100. The molecule has 1 unspecified atom stereocenters. The Hall–Kier alpha value is -1.81. The van der Waals surface area contributed by atoms with Gasteiger partial charge in [-0.1, -0.05) is 24.6 Å². The number of rotatable bonds is 1. The molecule has 25 heavy (non-hydrogen) atoms. The van der Waals surface area contributed by atoms with Crippen LogP contribution in [0.15, 0.2) is 24.3 Å². The number of nitrogens with one attached hydrogen (secondary N) is 1. The highest BCUT2D eigenvalue weighted by molar-refractivity contribution is 5.85. The number of carbonyl (C=O) groups excluding carboxylic acids is 1. The standard InChI is InChI=1S/C21H26N2O2/c1-25-21(24)16-7-4-5-13-12-23-10-9-15-14-6-2-3-8-18(14)22-20(15)19(23)11-17(13)16/h2-3,6,8,13,16-17,19,22H,4-5,7,9-12H2,1H3/t13-,16-,17-,19?/m0/s1. The van der Waals surface area contributed by atoms with Crippen molar-refractivity contribution in [1.29, 1.82) is 0 Å². The van der Waals surface area contributed by atoms with Crippen molar-refractivity contribution in [3.05, 3.63) is 35.5 Å². The second kappa shape index (κ2) is 5.87. The normalized spacial score (nSPS) is 31.9. The maximum atomic E-state index is 12.3. The highest BCUT2D eigenvalue weighted by atomic mass is 16.5. The third-order valence-electron chi connectivity index (χ3n) is 6.95. The zero-order valence-corrected chi connectivity index (χ0v) is 14.8. The monoisotopic (exact) mass is 338 g/mol. The first kappa shape index (κ1) is 15.4. The predicted octanol–water partition coefficient (Wildman–Crippen LogP) is 3.68. The smallest absolute Gasteiger partial charge is 0.308 e. The minimum Gasteiger partial charge on any atom is -0.469 e. The van der Waals surface area contributed by atoms with E-state index in [0.717, 1.165) is 38.8 Å². The highest BCUT2D eigenvalue weighted by Crippen LogP contribution is 2.49. The molecule has 4 atom stereocenters. The van der Waals surface area contributed by atoms with Gasteiger partial charge in [-0.05, 0) is 49.1 Å². The van der Waals surface area contributed by atoms with Gasteiger partial charge in [0.05, 0.1) is 19.1 Å². The molecule has 132 valence electrons. The van der Waals surface area contributed by atoms with Crippen molar-refractivity contribution in [2.24, 2.45) is 17.8 Å². The van der Waals surface area contributed by atoms with Crippen LogP contribution in [0.4, 0.5) is 0 Å². The van der Waals surface area contributed by atoms with Crippen LogP contribution < -0.4 is 0 Å². The molecule has 0 radical (unpaired) electrons. The summed E-state index contributed by atoms with van der Waals surface area (Å²) in [5.41, 5.74) is 4.16. The van der Waals surface area contributed by atoms with Crippen LogP contribution in [0.3, 0.4) is 0 Å². The summed E-state index contributed by atoms with van der Waals surface area (Å²) in [6.07, 6.45) is 5.65. The number of nitrogens with zero attached hydrogens (tertiary/aromatic N) is 1. The molecule has 4 nitrogen and oxygen atoms in total. The molecule has 0 spiro atoms. The number of esters is 1. The summed E-state index contributed by atoms with van der Waals surface area (Å²) in [7, 11) is 1.54. The molecule has 2 fully saturated rings. The van der Waals surface area contributed by atoms with Gasteiger partial charge >= 0.3 is 5.97 Å². The highest BCUT2D eigenvalue weighted by Gasteiger charge is 2.46. The van der Waals surface area contributed by atoms with Crippen molar-refractivity contribution in [3.8, 4) is 0 Å². The van der Waals surface area contributed by atoms with Crippen molar-refractivity contribution < 1.29 is 9.53 Å². The number of piperidine rings is 1. The molecule has 1 aliphatic carbocycles. The zero-order chi connectivity index (χ0) is 17.0. The van der Waals surface area contributed by atoms with Gasteiger partial charge in [-0.25, -0.2) is 0 Å². The van der Waals surface area contributed by atoms with Crippen LogP contribution in [0.25, 0.3) is 10.9 Å². The molecule has 0 bridgehead atoms. The van der Waals surface area contributed by atoms with E-state index >= 15 is 0 Å². The molecule has 4 heteroatoms. The minimum absolute atomic E-state index is 0.0100. The summed E-state index contributed by atoms with van der Waals surface area (Å²) in [5, 5.41) is 1.38. The topological polar surface area (TPSA) is 45.3 Å². The van der Waals surface area contributed by atoms with Crippen molar-refractivity contribution in [3.63, 3.8) is 0 Å². The summed E-state index contributed by atoms with van der Waals surface area (Å²) >= 11 is 0. The van der Waals surface area contributed by atoms with Gasteiger partial charge in [0.2, 0.25) is 0 Å². The summed E-state index contributed by atoms with van der Waals surface area (Å²) < 4.78 is 5.13. The molecule has 5 rings (SSSR count). The molecule has 1 saturated heterocycles. The van der Waals surface area contributed by atoms with Crippen LogP contribution in [0.5, 0.6) is 0 Å². The maximum absolute atomic E-state index is 12.3. The van der Waals surface area contributed by atoms with E-state index in [-0.39, 0.29) is 11.9 Å². The van der Waals surface area contributed by atoms with Crippen molar-refractivity contribution >= 4 is 16.9 Å². The lowest BCUT2D eigenvalue weighted by Crippen LogP contribution is -2.50. The number of fused-ring (bicyclic) bond motifs is 6. The number of hydrogen-bond donors (Lipinski definition) is 1. The molecule has 1 aromatic heterocycles. The summed E-state index contributed by atoms with van der Waals surface area (Å²) in [5.74, 6) is 1.23. The van der Waals surface area contributed by atoms with E-state index in [2.05, 4.69) is 34.1 Å². The number of benzene rings is 1. The van der Waals surface area contributed by atoms with E-state index in [1.807, 2.05) is 0 Å². The first-order valence-electron chi connectivity index (χ1n) is 9.67. The second-order valence-electron chi connectivity index (χ2n) is 8.04. The summed E-state index contributed by atoms with van der Waals surface area (Å²) in [6.45, 7) is 2.28. The Morgan fingerprint density at radius 3 is 3.04 bits per heavy atom. The predicted molar refractivity (Wildman–Crippen MR) is 97.3 cm³/mol. The van der Waals surface area contributed by atoms with Gasteiger partial charge in [0, 0.05) is 29.7 Å². The summed E-state index contributed by atoms with van der Waals surface area (Å²) in [6, 6.07) is 9.09. The Kier molecular flexibility index (Phi) is 3.63. The molecule has 1 saturated carbocycles. The number of aromatic amines is 1. The van der Waals surface area contributed by atoms with Gasteiger partial charge in [0.15, 0.2) is 0 Å². The molecule has 2 aromatic rings. The van der Waals surface area contributed by atoms with Gasteiger partial charge in [-0.2, -0.15) is 0 Å². The Balaban J connectivity index is 1.51. The Bertz CT molecular complexity index is 811. The first-order chi connectivity index (χ1) is 12.3. The number of para-hydroxylation sites is 1. The van der Waals surface area contributed by atoms with E-state index in [9.17, 15) is 4.79 Å². The molecule has 3 heterocycles. The van der Waals surface area contributed by atoms with Gasteiger partial charge in [-0.15, -0.1) is 0 Å². The van der Waals surface area contributed by atoms with Crippen LogP contribution >= 0.6 is 0 Å². The molecule has 1 aromatic carbocycles. The fourth-order valence-electron chi connectivity index (χ4n) is 5.80. The lowest BCUT2D eigenvalue weighted by molar-refractivity contribution is -0.152. The molecule has 2 aliphatic heterocycles. The van der Waals surface area contributed by atoms with Crippen molar-refractivity contribution in [2.75, 3.05) is 20.2 Å². The third-order valence-corrected chi connectivity index (χ3v) is 6.95. The van der Waals surface area contributed by atoms with E-state index < -0.39 is 0 Å². The van der Waals surface area contributed by atoms with E-state index in [1.54, 1.807) is 0 Å². The Morgan fingerprint density at radius 2 is 2.16 bits per heavy atom. The largest absolute Gasteiger partial charge is 0.469 e. The third kappa shape index (κ3) is 2.34. The molecular weight excluding hydrogens is 312 g/mol. The van der Waals surface area contributed by atoms with Crippen molar-refractivity contribution in [1.82, 2.24) is 9.88 Å². The fraction of sp³-hybridized carbons (Fsp3) is 0.571. The summed E-state index contributed by atoms with van der Waals surface area (Å²) in [4.78, 5) is 18.7. The first-order valence-corrected chi connectivity index (χ1v) is 9.67. The van der Waals surface area contributed by atoms with Crippen molar-refractivity contribution in [2.45, 2.75) is 38.1 Å². The van der Waals surface area contributed by atoms with Crippen LogP contribution in [0, 0.1) is 17.8 Å². The maximum Gasteiger partial charge on any atom is 0.308 e. The molecule has 3 aliphatic rings. The van der Waals surface area contributed by atoms with Crippen LogP contribution in [-0.2, 0) is 16.0 Å². The second-order valence-corrected chi connectivity index (χ2v) is 8.04. The number of ether oxygens (including phenoxy) is 1. The van der Waals surface area contributed by atoms with Crippen LogP contribution in [0.1, 0.15) is 43.0 Å². The van der Waals surface area contributed by atoms with Crippen LogP contribution in [-0.4, -0.2) is 36.1 Å². The number of hydrogen-bond acceptors (Lipinski definition) is 3. The van der Waals surface area contributed by atoms with Gasteiger partial charge < -0.3 is 9.72 Å². The SMILES string of the molecule is COC(=O)[C@H]1CCC[C@H]2CN3CCc4c([nH]c5ccccc45)C3C[C@@H]21. The van der Waals surface area contributed by atoms with Gasteiger partial charge in [-0.3, -0.25) is 9.69 Å². The van der Waals surface area contributed by atoms with E-state index in [1.165, 1.54) is 35.7 Å². The fourth-order valence-corrected chi connectivity index (χ4v) is 5.80. The van der Waals surface area contributed by atoms with Crippen LogP contribution in [0.2, 0.25) is 0 Å². The molecular formula is C21H26N2O2. The number of methoxy groups -OCH3 is 1.